The number of aryl methyl sites for hydroxylation is 1. The molecule has 27 heavy (non-hydrogen) atoms. The Morgan fingerprint density at radius 3 is 2.96 bits per heavy atom. The van der Waals surface area contributed by atoms with Crippen molar-refractivity contribution in [1.29, 1.82) is 0 Å². The Kier molecular flexibility index (Phi) is 3.66. The standard InChI is InChI=1S/C22H26N2O3/c1-11-4-5-17-14(8-11)13-6-7-24-10-16(22(26)27-3)15-9-18(25)12(2)19(15)21(24)20(13)23-17/h4-5,8,10,12,15,18-19,21,23,25H,6-7,9H2,1-3H3/t12-,15+,18-,19+,21-/m0/s1. The predicted molar refractivity (Wildman–Crippen MR) is 103 cm³/mol. The number of nitrogens with one attached hydrogen (secondary N) is 1. The third-order valence-electron chi connectivity index (χ3n) is 7.03. The predicted octanol–water partition coefficient (Wildman–Crippen LogP) is 3.08. The van der Waals surface area contributed by atoms with Crippen molar-refractivity contribution in [3.05, 3.63) is 46.8 Å². The summed E-state index contributed by atoms with van der Waals surface area (Å²) in [6, 6.07) is 6.75. The second-order valence-corrected chi connectivity index (χ2v) is 8.42. The Balaban J connectivity index is 1.68. The molecule has 1 aromatic heterocycles. The fraction of sp³-hybridized carbons (Fsp3) is 0.500. The van der Waals surface area contributed by atoms with E-state index in [1.54, 1.807) is 0 Å². The number of aromatic amines is 1. The molecular formula is C22H26N2O3. The van der Waals surface area contributed by atoms with Crippen LogP contribution in [0.4, 0.5) is 0 Å². The molecule has 0 saturated heterocycles. The number of H-pyrrole nitrogens is 1. The second-order valence-electron chi connectivity index (χ2n) is 8.42. The second kappa shape index (κ2) is 5.86. The Morgan fingerprint density at radius 1 is 1.37 bits per heavy atom. The van der Waals surface area contributed by atoms with E-state index in [0.29, 0.717) is 6.42 Å². The number of ether oxygens (including phenoxy) is 1. The van der Waals surface area contributed by atoms with E-state index in [2.05, 4.69) is 41.9 Å². The summed E-state index contributed by atoms with van der Waals surface area (Å²) in [4.78, 5) is 18.4. The van der Waals surface area contributed by atoms with Gasteiger partial charge in [-0.2, -0.15) is 0 Å². The van der Waals surface area contributed by atoms with Gasteiger partial charge in [-0.25, -0.2) is 4.79 Å². The van der Waals surface area contributed by atoms with Crippen LogP contribution in [0.25, 0.3) is 10.9 Å². The molecule has 3 aliphatic rings. The Bertz CT molecular complexity index is 960. The topological polar surface area (TPSA) is 65.6 Å². The van der Waals surface area contributed by atoms with Gasteiger partial charge in [0, 0.05) is 35.3 Å². The summed E-state index contributed by atoms with van der Waals surface area (Å²) < 4.78 is 5.06. The van der Waals surface area contributed by atoms with Gasteiger partial charge in [0.25, 0.3) is 0 Å². The first-order valence-corrected chi connectivity index (χ1v) is 9.84. The average molecular weight is 366 g/mol. The lowest BCUT2D eigenvalue weighted by Crippen LogP contribution is -2.44. The summed E-state index contributed by atoms with van der Waals surface area (Å²) in [6.07, 6.45) is 3.20. The van der Waals surface area contributed by atoms with E-state index in [4.69, 9.17) is 4.74 Å². The van der Waals surface area contributed by atoms with Crippen molar-refractivity contribution in [2.24, 2.45) is 17.8 Å². The minimum atomic E-state index is -0.384. The summed E-state index contributed by atoms with van der Waals surface area (Å²) in [7, 11) is 1.44. The van der Waals surface area contributed by atoms with Gasteiger partial charge in [-0.15, -0.1) is 0 Å². The van der Waals surface area contributed by atoms with Crippen LogP contribution < -0.4 is 0 Å². The van der Waals surface area contributed by atoms with E-state index in [9.17, 15) is 9.90 Å². The zero-order valence-electron chi connectivity index (χ0n) is 16.0. The summed E-state index contributed by atoms with van der Waals surface area (Å²) in [6.45, 7) is 5.13. The first kappa shape index (κ1) is 16.9. The van der Waals surface area contributed by atoms with Crippen LogP contribution in [0.15, 0.2) is 30.0 Å². The molecule has 142 valence electrons. The molecule has 5 nitrogen and oxygen atoms in total. The molecule has 0 radical (unpaired) electrons. The minimum Gasteiger partial charge on any atom is -0.466 e. The van der Waals surface area contributed by atoms with Gasteiger partial charge in [0.15, 0.2) is 0 Å². The van der Waals surface area contributed by atoms with Crippen molar-refractivity contribution in [2.45, 2.75) is 38.8 Å². The molecule has 0 amide bonds. The largest absolute Gasteiger partial charge is 0.466 e. The number of aromatic nitrogens is 1. The SMILES string of the molecule is COC(=O)C1=CN2CCc3c([nH]c4ccc(C)cc34)[C@@H]2[C@@H]2[C@@H](C)[C@@H](O)C[C@H]12. The lowest BCUT2D eigenvalue weighted by Gasteiger charge is -2.46. The Labute approximate surface area is 159 Å². The number of hydrogen-bond acceptors (Lipinski definition) is 4. The quantitative estimate of drug-likeness (QED) is 0.762. The van der Waals surface area contributed by atoms with Crippen LogP contribution in [0.1, 0.15) is 36.2 Å². The number of benzene rings is 1. The van der Waals surface area contributed by atoms with Crippen LogP contribution in [0.2, 0.25) is 0 Å². The van der Waals surface area contributed by atoms with Crippen molar-refractivity contribution in [3.63, 3.8) is 0 Å². The average Bonchev–Trinajstić information content (AvgIpc) is 3.17. The van der Waals surface area contributed by atoms with E-state index in [1.807, 2.05) is 6.20 Å². The van der Waals surface area contributed by atoms with Crippen LogP contribution >= 0.6 is 0 Å². The molecule has 5 rings (SSSR count). The zero-order valence-corrected chi connectivity index (χ0v) is 16.0. The normalized spacial score (nSPS) is 31.9. The van der Waals surface area contributed by atoms with Gasteiger partial charge in [0.05, 0.1) is 24.8 Å². The van der Waals surface area contributed by atoms with Crippen LogP contribution in [0.5, 0.6) is 0 Å². The first-order chi connectivity index (χ1) is 13.0. The highest BCUT2D eigenvalue weighted by Gasteiger charge is 2.53. The molecule has 0 spiro atoms. The molecule has 0 unspecified atom stereocenters. The van der Waals surface area contributed by atoms with E-state index in [0.717, 1.165) is 18.5 Å². The smallest absolute Gasteiger partial charge is 0.335 e. The molecule has 2 aliphatic heterocycles. The molecule has 2 aromatic rings. The molecule has 3 heterocycles. The monoisotopic (exact) mass is 366 g/mol. The van der Waals surface area contributed by atoms with Crippen LogP contribution in [0, 0.1) is 24.7 Å². The third kappa shape index (κ3) is 2.30. The highest BCUT2D eigenvalue weighted by atomic mass is 16.5. The van der Waals surface area contributed by atoms with E-state index in [-0.39, 0.29) is 35.9 Å². The van der Waals surface area contributed by atoms with Crippen LogP contribution in [-0.2, 0) is 16.0 Å². The number of nitrogens with zero attached hydrogens (tertiary/aromatic N) is 1. The molecular weight excluding hydrogens is 340 g/mol. The van der Waals surface area contributed by atoms with Gasteiger partial charge in [0.2, 0.25) is 0 Å². The first-order valence-electron chi connectivity index (χ1n) is 9.84. The van der Waals surface area contributed by atoms with Crippen molar-refractivity contribution >= 4 is 16.9 Å². The van der Waals surface area contributed by atoms with Gasteiger partial charge in [-0.3, -0.25) is 0 Å². The fourth-order valence-corrected chi connectivity index (χ4v) is 5.70. The Hall–Kier alpha value is -2.27. The number of carbonyl (C=O) groups excluding carboxylic acids is 1. The molecule has 1 saturated carbocycles. The number of aliphatic hydroxyl groups is 1. The van der Waals surface area contributed by atoms with Crippen LogP contribution in [-0.4, -0.2) is 40.7 Å². The maximum atomic E-state index is 12.4. The number of methoxy groups -OCH3 is 1. The summed E-state index contributed by atoms with van der Waals surface area (Å²) in [5.41, 5.74) is 5.83. The lowest BCUT2D eigenvalue weighted by atomic mass is 9.73. The maximum Gasteiger partial charge on any atom is 0.335 e. The highest BCUT2D eigenvalue weighted by Crippen LogP contribution is 2.54. The number of aliphatic hydroxyl groups excluding tert-OH is 1. The molecule has 1 aliphatic carbocycles. The van der Waals surface area contributed by atoms with Gasteiger partial charge < -0.3 is 19.7 Å². The van der Waals surface area contributed by atoms with Crippen molar-refractivity contribution < 1.29 is 14.6 Å². The maximum absolute atomic E-state index is 12.4. The summed E-state index contributed by atoms with van der Waals surface area (Å²) in [5.74, 6) is 0.118. The lowest BCUT2D eigenvalue weighted by molar-refractivity contribution is -0.137. The van der Waals surface area contributed by atoms with Gasteiger partial charge in [-0.05, 0) is 49.3 Å². The Morgan fingerprint density at radius 2 is 2.19 bits per heavy atom. The molecule has 1 fully saturated rings. The molecule has 5 atom stereocenters. The summed E-state index contributed by atoms with van der Waals surface area (Å²) >= 11 is 0. The van der Waals surface area contributed by atoms with Gasteiger partial charge in [0.1, 0.15) is 0 Å². The number of rotatable bonds is 1. The third-order valence-corrected chi connectivity index (χ3v) is 7.03. The van der Waals surface area contributed by atoms with Crippen molar-refractivity contribution in [1.82, 2.24) is 9.88 Å². The van der Waals surface area contributed by atoms with Crippen LogP contribution in [0.3, 0.4) is 0 Å². The zero-order chi connectivity index (χ0) is 18.9. The van der Waals surface area contributed by atoms with E-state index >= 15 is 0 Å². The van der Waals surface area contributed by atoms with E-state index in [1.165, 1.54) is 34.8 Å². The van der Waals surface area contributed by atoms with Crippen molar-refractivity contribution in [2.75, 3.05) is 13.7 Å². The molecule has 2 N–H and O–H groups in total. The summed E-state index contributed by atoms with van der Waals surface area (Å²) in [5, 5.41) is 11.9. The van der Waals surface area contributed by atoms with Gasteiger partial charge in [-0.1, -0.05) is 18.6 Å². The number of hydrogen-bond donors (Lipinski definition) is 2. The highest BCUT2D eigenvalue weighted by molar-refractivity contribution is 5.90. The number of carbonyl (C=O) groups is 1. The van der Waals surface area contributed by atoms with E-state index < -0.39 is 0 Å². The molecule has 5 heteroatoms. The molecule has 1 aromatic carbocycles. The number of esters is 1. The number of fused-ring (bicyclic) bond motifs is 7. The van der Waals surface area contributed by atoms with Gasteiger partial charge >= 0.3 is 5.97 Å². The van der Waals surface area contributed by atoms with Crippen molar-refractivity contribution in [3.8, 4) is 0 Å². The fourth-order valence-electron chi connectivity index (χ4n) is 5.70. The molecule has 0 bridgehead atoms. The minimum absolute atomic E-state index is 0.0443.